The van der Waals surface area contributed by atoms with Crippen LogP contribution in [0, 0.1) is 5.82 Å². The highest BCUT2D eigenvalue weighted by atomic mass is 32.2. The Morgan fingerprint density at radius 3 is 2.82 bits per heavy atom. The molecule has 2 nitrogen and oxygen atoms in total. The lowest BCUT2D eigenvalue weighted by Crippen LogP contribution is -2.02. The molecule has 0 spiro atoms. The second kappa shape index (κ2) is 7.56. The molecule has 0 heterocycles. The fourth-order valence-electron chi connectivity index (χ4n) is 1.43. The Morgan fingerprint density at radius 2 is 2.24 bits per heavy atom. The van der Waals surface area contributed by atoms with Crippen molar-refractivity contribution < 1.29 is 14.2 Å². The third-order valence-corrected chi connectivity index (χ3v) is 3.61. The van der Waals surface area contributed by atoms with Gasteiger partial charge in [0.1, 0.15) is 0 Å². The van der Waals surface area contributed by atoms with Gasteiger partial charge in [-0.25, -0.2) is 4.39 Å². The molecule has 0 saturated heterocycles. The zero-order valence-electron chi connectivity index (χ0n) is 10.3. The van der Waals surface area contributed by atoms with E-state index in [0.29, 0.717) is 11.3 Å². The quantitative estimate of drug-likeness (QED) is 0.760. The number of unbranched alkanes of at least 4 members (excludes halogenated alkanes) is 1. The van der Waals surface area contributed by atoms with Crippen LogP contribution >= 0.6 is 11.8 Å². The molecule has 0 bridgehead atoms. The van der Waals surface area contributed by atoms with Crippen LogP contribution in [0.4, 0.5) is 4.39 Å². The van der Waals surface area contributed by atoms with Gasteiger partial charge in [-0.2, -0.15) is 11.8 Å². The van der Waals surface area contributed by atoms with Crippen molar-refractivity contribution in [1.82, 2.24) is 0 Å². The standard InChI is InChI=1S/C13H19FO2S/c1-3-4-7-17-9-12(15)10-5-6-13(16-2)11(14)8-10/h5-6,8,12,15H,3-4,7,9H2,1-2H3/t12-/m1/s1. The molecule has 0 aliphatic carbocycles. The lowest BCUT2D eigenvalue weighted by Gasteiger charge is -2.11. The molecule has 17 heavy (non-hydrogen) atoms. The molecule has 1 atom stereocenters. The zero-order chi connectivity index (χ0) is 12.7. The van der Waals surface area contributed by atoms with Crippen molar-refractivity contribution in [1.29, 1.82) is 0 Å². The summed E-state index contributed by atoms with van der Waals surface area (Å²) in [5, 5.41) is 9.88. The minimum atomic E-state index is -0.614. The number of methoxy groups -OCH3 is 1. The van der Waals surface area contributed by atoms with Gasteiger partial charge in [0.2, 0.25) is 0 Å². The predicted octanol–water partition coefficient (Wildman–Crippen LogP) is 3.40. The highest BCUT2D eigenvalue weighted by Crippen LogP contribution is 2.24. The summed E-state index contributed by atoms with van der Waals surface area (Å²) in [4.78, 5) is 0. The maximum atomic E-state index is 13.4. The van der Waals surface area contributed by atoms with Gasteiger partial charge in [0.25, 0.3) is 0 Å². The Morgan fingerprint density at radius 1 is 1.47 bits per heavy atom. The number of thioether (sulfide) groups is 1. The van der Waals surface area contributed by atoms with Crippen LogP contribution in [0.1, 0.15) is 31.4 Å². The van der Waals surface area contributed by atoms with Gasteiger partial charge in [0, 0.05) is 5.75 Å². The van der Waals surface area contributed by atoms with Gasteiger partial charge in [-0.05, 0) is 29.9 Å². The molecule has 1 aromatic carbocycles. The number of rotatable bonds is 7. The fraction of sp³-hybridized carbons (Fsp3) is 0.538. The van der Waals surface area contributed by atoms with Gasteiger partial charge in [-0.3, -0.25) is 0 Å². The van der Waals surface area contributed by atoms with E-state index in [9.17, 15) is 9.50 Å². The SMILES string of the molecule is CCCCSC[C@@H](O)c1ccc(OC)c(F)c1. The first kappa shape index (κ1) is 14.3. The van der Waals surface area contributed by atoms with Crippen LogP contribution in [0.25, 0.3) is 0 Å². The minimum Gasteiger partial charge on any atom is -0.494 e. The van der Waals surface area contributed by atoms with Crippen LogP contribution in [0.15, 0.2) is 18.2 Å². The van der Waals surface area contributed by atoms with E-state index in [0.717, 1.165) is 18.6 Å². The van der Waals surface area contributed by atoms with Gasteiger partial charge < -0.3 is 9.84 Å². The van der Waals surface area contributed by atoms with Crippen LogP contribution in [-0.2, 0) is 0 Å². The fourth-order valence-corrected chi connectivity index (χ4v) is 2.50. The van der Waals surface area contributed by atoms with Crippen molar-refractivity contribution >= 4 is 11.8 Å². The lowest BCUT2D eigenvalue weighted by molar-refractivity contribution is 0.203. The van der Waals surface area contributed by atoms with Gasteiger partial charge in [0.05, 0.1) is 13.2 Å². The van der Waals surface area contributed by atoms with Crippen LogP contribution in [0.5, 0.6) is 5.75 Å². The van der Waals surface area contributed by atoms with Gasteiger partial charge >= 0.3 is 0 Å². The van der Waals surface area contributed by atoms with Crippen molar-refractivity contribution in [2.45, 2.75) is 25.9 Å². The molecular formula is C13H19FO2S. The monoisotopic (exact) mass is 258 g/mol. The summed E-state index contributed by atoms with van der Waals surface area (Å²) in [6.07, 6.45) is 1.69. The molecule has 0 aromatic heterocycles. The van der Waals surface area contributed by atoms with E-state index in [1.54, 1.807) is 23.9 Å². The summed E-state index contributed by atoms with van der Waals surface area (Å²) in [6, 6.07) is 4.58. The highest BCUT2D eigenvalue weighted by Gasteiger charge is 2.10. The number of hydrogen-bond donors (Lipinski definition) is 1. The maximum absolute atomic E-state index is 13.4. The predicted molar refractivity (Wildman–Crippen MR) is 70.1 cm³/mol. The molecule has 1 N–H and O–H groups in total. The zero-order valence-corrected chi connectivity index (χ0v) is 11.1. The maximum Gasteiger partial charge on any atom is 0.165 e. The van der Waals surface area contributed by atoms with E-state index < -0.39 is 11.9 Å². The molecule has 4 heteroatoms. The molecular weight excluding hydrogens is 239 g/mol. The molecule has 1 aromatic rings. The first-order chi connectivity index (χ1) is 8.19. The second-order valence-electron chi connectivity index (χ2n) is 3.84. The number of halogens is 1. The van der Waals surface area contributed by atoms with E-state index in [-0.39, 0.29) is 5.75 Å². The van der Waals surface area contributed by atoms with E-state index >= 15 is 0 Å². The first-order valence-electron chi connectivity index (χ1n) is 5.78. The smallest absolute Gasteiger partial charge is 0.165 e. The molecule has 0 unspecified atom stereocenters. The molecule has 0 aliphatic heterocycles. The largest absolute Gasteiger partial charge is 0.494 e. The minimum absolute atomic E-state index is 0.208. The van der Waals surface area contributed by atoms with E-state index in [4.69, 9.17) is 4.74 Å². The Kier molecular flexibility index (Phi) is 6.37. The van der Waals surface area contributed by atoms with Gasteiger partial charge in [-0.15, -0.1) is 0 Å². The van der Waals surface area contributed by atoms with Crippen LogP contribution in [0.3, 0.4) is 0 Å². The summed E-state index contributed by atoms with van der Waals surface area (Å²) < 4.78 is 18.2. The number of aliphatic hydroxyl groups excluding tert-OH is 1. The number of ether oxygens (including phenoxy) is 1. The van der Waals surface area contributed by atoms with Gasteiger partial charge in [0.15, 0.2) is 11.6 Å². The van der Waals surface area contributed by atoms with E-state index in [1.165, 1.54) is 13.2 Å². The van der Waals surface area contributed by atoms with Crippen molar-refractivity contribution in [3.63, 3.8) is 0 Å². The van der Waals surface area contributed by atoms with Crippen molar-refractivity contribution in [2.24, 2.45) is 0 Å². The molecule has 0 fully saturated rings. The second-order valence-corrected chi connectivity index (χ2v) is 4.99. The van der Waals surface area contributed by atoms with Crippen molar-refractivity contribution in [3.8, 4) is 5.75 Å². The van der Waals surface area contributed by atoms with Crippen LogP contribution < -0.4 is 4.74 Å². The molecule has 96 valence electrons. The normalized spacial score (nSPS) is 12.5. The summed E-state index contributed by atoms with van der Waals surface area (Å²) in [5.41, 5.74) is 0.604. The third kappa shape index (κ3) is 4.56. The Hall–Kier alpha value is -0.740. The Balaban J connectivity index is 2.51. The van der Waals surface area contributed by atoms with Crippen molar-refractivity contribution in [3.05, 3.63) is 29.6 Å². The molecule has 0 radical (unpaired) electrons. The average molecular weight is 258 g/mol. The van der Waals surface area contributed by atoms with Crippen LogP contribution in [-0.4, -0.2) is 23.7 Å². The third-order valence-electron chi connectivity index (χ3n) is 2.48. The first-order valence-corrected chi connectivity index (χ1v) is 6.93. The lowest BCUT2D eigenvalue weighted by atomic mass is 10.1. The number of hydrogen-bond acceptors (Lipinski definition) is 3. The van der Waals surface area contributed by atoms with E-state index in [2.05, 4.69) is 6.92 Å². The Bertz CT molecular complexity index is 344. The summed E-state index contributed by atoms with van der Waals surface area (Å²) in [7, 11) is 1.43. The van der Waals surface area contributed by atoms with Crippen LogP contribution in [0.2, 0.25) is 0 Å². The van der Waals surface area contributed by atoms with Gasteiger partial charge in [-0.1, -0.05) is 19.4 Å². The number of benzene rings is 1. The molecule has 0 aliphatic rings. The topological polar surface area (TPSA) is 29.5 Å². The molecule has 0 amide bonds. The highest BCUT2D eigenvalue weighted by molar-refractivity contribution is 7.99. The van der Waals surface area contributed by atoms with E-state index in [1.807, 2.05) is 0 Å². The van der Waals surface area contributed by atoms with Crippen molar-refractivity contribution in [2.75, 3.05) is 18.6 Å². The number of aliphatic hydroxyl groups is 1. The molecule has 0 saturated carbocycles. The Labute approximate surface area is 106 Å². The average Bonchev–Trinajstić information content (AvgIpc) is 2.34. The molecule has 1 rings (SSSR count). The summed E-state index contributed by atoms with van der Waals surface area (Å²) >= 11 is 1.69. The summed E-state index contributed by atoms with van der Waals surface area (Å²) in [6.45, 7) is 2.13. The summed E-state index contributed by atoms with van der Waals surface area (Å²) in [5.74, 6) is 1.42.